The van der Waals surface area contributed by atoms with Crippen LogP contribution in [0.15, 0.2) is 73.1 Å². The molecule has 0 atom stereocenters. The molecule has 0 saturated carbocycles. The first-order chi connectivity index (χ1) is 24.7. The SMILES string of the molecule is C.COc1ccc(CN)cc1.COc1ccc(CNc2nccc3c2sc2nnc(Cl)c(C)c23)cc1.Cc1c(Cl)nnc2sc3c(Cl)nccc3c12. The molecule has 2 aromatic carbocycles. The molecule has 0 saturated heterocycles. The molecule has 8 rings (SSSR count). The van der Waals surface area contributed by atoms with E-state index in [9.17, 15) is 0 Å². The van der Waals surface area contributed by atoms with Crippen LogP contribution in [0.25, 0.3) is 40.6 Å². The second-order valence-electron chi connectivity index (χ2n) is 11.1. The Morgan fingerprint density at radius 2 is 1.12 bits per heavy atom. The first-order valence-corrected chi connectivity index (χ1v) is 18.2. The van der Waals surface area contributed by atoms with Gasteiger partial charge < -0.3 is 20.5 Å². The average Bonchev–Trinajstić information content (AvgIpc) is 3.75. The Morgan fingerprint density at radius 3 is 1.63 bits per heavy atom. The highest BCUT2D eigenvalue weighted by molar-refractivity contribution is 7.26. The van der Waals surface area contributed by atoms with Gasteiger partial charge in [0.1, 0.15) is 32.1 Å². The highest BCUT2D eigenvalue weighted by Gasteiger charge is 2.16. The molecule has 0 aliphatic carbocycles. The molecule has 0 bridgehead atoms. The molecule has 0 spiro atoms. The molecule has 0 fully saturated rings. The standard InChI is InChI=1S/C18H15ClN4OS.C10H5Cl2N3S.C8H11NO.CH4/c1-10-14-13-7-8-20-17(15(13)25-18(14)23-22-16(10)19)21-9-11-3-5-12(24-2)6-4-11;1-4-6-5-2-3-13-9(12)7(5)16-10(6)15-14-8(4)11;1-10-8-4-2-7(6-9)3-5-8;/h3-8H,9H2,1-2H3,(H,20,21);2-3H,1H3;2-5H,6,9H2,1H3;1H4. The molecule has 0 radical (unpaired) electrons. The minimum Gasteiger partial charge on any atom is -0.497 e. The lowest BCUT2D eigenvalue weighted by atomic mass is 10.1. The number of aryl methyl sites for hydroxylation is 2. The Hall–Kier alpha value is -4.43. The van der Waals surface area contributed by atoms with Crippen LogP contribution >= 0.6 is 57.5 Å². The lowest BCUT2D eigenvalue weighted by molar-refractivity contribution is 0.414. The molecule has 268 valence electrons. The molecule has 15 heteroatoms. The summed E-state index contributed by atoms with van der Waals surface area (Å²) in [5, 5.41) is 25.2. The molecule has 6 heterocycles. The fraction of sp³-hybridized carbons (Fsp3) is 0.189. The van der Waals surface area contributed by atoms with Gasteiger partial charge in [-0.1, -0.05) is 66.5 Å². The zero-order chi connectivity index (χ0) is 36.1. The highest BCUT2D eigenvalue weighted by Crippen LogP contribution is 2.39. The van der Waals surface area contributed by atoms with E-state index in [1.165, 1.54) is 11.3 Å². The maximum atomic E-state index is 6.14. The first-order valence-electron chi connectivity index (χ1n) is 15.5. The second-order valence-corrected chi connectivity index (χ2v) is 14.1. The van der Waals surface area contributed by atoms with Crippen LogP contribution in [-0.2, 0) is 13.1 Å². The van der Waals surface area contributed by atoms with Crippen molar-refractivity contribution in [2.45, 2.75) is 34.4 Å². The summed E-state index contributed by atoms with van der Waals surface area (Å²) in [6, 6.07) is 19.6. The molecule has 8 aromatic rings. The first kappa shape index (κ1) is 38.8. The van der Waals surface area contributed by atoms with E-state index < -0.39 is 0 Å². The summed E-state index contributed by atoms with van der Waals surface area (Å²) in [4.78, 5) is 10.3. The van der Waals surface area contributed by atoms with Crippen LogP contribution < -0.4 is 20.5 Å². The van der Waals surface area contributed by atoms with Crippen LogP contribution in [0.2, 0.25) is 15.5 Å². The van der Waals surface area contributed by atoms with Crippen molar-refractivity contribution < 1.29 is 9.47 Å². The normalized spacial score (nSPS) is 10.7. The number of nitrogens with one attached hydrogen (secondary N) is 1. The summed E-state index contributed by atoms with van der Waals surface area (Å²) in [6.45, 7) is 5.16. The van der Waals surface area contributed by atoms with E-state index in [1.54, 1.807) is 38.0 Å². The number of nitrogens with zero attached hydrogens (tertiary/aromatic N) is 6. The largest absolute Gasteiger partial charge is 0.497 e. The fourth-order valence-corrected chi connectivity index (χ4v) is 7.95. The van der Waals surface area contributed by atoms with Gasteiger partial charge in [0.25, 0.3) is 0 Å². The summed E-state index contributed by atoms with van der Waals surface area (Å²) in [5.41, 5.74) is 9.56. The lowest BCUT2D eigenvalue weighted by Crippen LogP contribution is -2.01. The van der Waals surface area contributed by atoms with Crippen LogP contribution in [0.3, 0.4) is 0 Å². The van der Waals surface area contributed by atoms with E-state index in [2.05, 4.69) is 35.7 Å². The third kappa shape index (κ3) is 8.28. The maximum absolute atomic E-state index is 6.14. The van der Waals surface area contributed by atoms with Crippen molar-refractivity contribution in [2.24, 2.45) is 5.73 Å². The average molecular weight is 794 g/mol. The molecule has 3 N–H and O–H groups in total. The Morgan fingerprint density at radius 1 is 0.635 bits per heavy atom. The van der Waals surface area contributed by atoms with Crippen molar-refractivity contribution in [3.63, 3.8) is 0 Å². The van der Waals surface area contributed by atoms with Gasteiger partial charge in [-0.2, -0.15) is 0 Å². The smallest absolute Gasteiger partial charge is 0.155 e. The van der Waals surface area contributed by atoms with Crippen LogP contribution in [0, 0.1) is 13.8 Å². The molecule has 0 aliphatic rings. The Labute approximate surface area is 323 Å². The molecule has 6 aromatic heterocycles. The zero-order valence-corrected chi connectivity index (χ0v) is 31.8. The van der Waals surface area contributed by atoms with Crippen LogP contribution in [0.5, 0.6) is 11.5 Å². The monoisotopic (exact) mass is 792 g/mol. The maximum Gasteiger partial charge on any atom is 0.155 e. The Balaban J connectivity index is 0.000000166. The number of ether oxygens (including phenoxy) is 2. The second kappa shape index (κ2) is 17.4. The van der Waals surface area contributed by atoms with Gasteiger partial charge in [-0.05, 0) is 72.5 Å². The van der Waals surface area contributed by atoms with Crippen molar-refractivity contribution >= 4 is 104 Å². The Kier molecular flexibility index (Phi) is 13.0. The van der Waals surface area contributed by atoms with Crippen molar-refractivity contribution in [1.29, 1.82) is 0 Å². The van der Waals surface area contributed by atoms with Crippen LogP contribution in [-0.4, -0.2) is 44.6 Å². The fourth-order valence-electron chi connectivity index (χ4n) is 5.21. The van der Waals surface area contributed by atoms with E-state index in [-0.39, 0.29) is 7.43 Å². The summed E-state index contributed by atoms with van der Waals surface area (Å²) >= 11 is 21.2. The van der Waals surface area contributed by atoms with Crippen molar-refractivity contribution in [1.82, 2.24) is 30.4 Å². The minimum atomic E-state index is 0. The number of anilines is 1. The number of hydrogen-bond acceptors (Lipinski definition) is 12. The van der Waals surface area contributed by atoms with Gasteiger partial charge in [-0.15, -0.1) is 43.1 Å². The zero-order valence-electron chi connectivity index (χ0n) is 27.9. The topological polar surface area (TPSA) is 134 Å². The molecule has 0 amide bonds. The third-order valence-corrected chi connectivity index (χ3v) is 11.3. The number of benzene rings is 2. The van der Waals surface area contributed by atoms with E-state index >= 15 is 0 Å². The highest BCUT2D eigenvalue weighted by atomic mass is 35.5. The number of aromatic nitrogens is 6. The van der Waals surface area contributed by atoms with Crippen molar-refractivity contribution in [3.05, 3.63) is 111 Å². The third-order valence-electron chi connectivity index (χ3n) is 7.97. The molecule has 10 nitrogen and oxygen atoms in total. The molecular formula is C37H35Cl3N8O2S2. The Bertz CT molecular complexity index is 2440. The molecule has 52 heavy (non-hydrogen) atoms. The summed E-state index contributed by atoms with van der Waals surface area (Å²) < 4.78 is 12.2. The number of thiophene rings is 2. The van der Waals surface area contributed by atoms with Crippen LogP contribution in [0.1, 0.15) is 29.7 Å². The van der Waals surface area contributed by atoms with Gasteiger partial charge >= 0.3 is 0 Å². The molecule has 0 aliphatic heterocycles. The number of pyridine rings is 2. The predicted molar refractivity (Wildman–Crippen MR) is 218 cm³/mol. The van der Waals surface area contributed by atoms with Gasteiger partial charge in [0.05, 0.1) is 23.6 Å². The summed E-state index contributed by atoms with van der Waals surface area (Å²) in [5.74, 6) is 2.56. The van der Waals surface area contributed by atoms with Gasteiger partial charge in [0, 0.05) is 47.0 Å². The lowest BCUT2D eigenvalue weighted by Gasteiger charge is -2.07. The van der Waals surface area contributed by atoms with E-state index in [1.807, 2.05) is 74.5 Å². The van der Waals surface area contributed by atoms with Gasteiger partial charge in [0.15, 0.2) is 10.3 Å². The number of rotatable bonds is 6. The summed E-state index contributed by atoms with van der Waals surface area (Å²) in [6.07, 6.45) is 3.49. The number of halogens is 3. The number of fused-ring (bicyclic) bond motifs is 6. The van der Waals surface area contributed by atoms with Crippen molar-refractivity contribution in [2.75, 3.05) is 19.5 Å². The number of hydrogen-bond donors (Lipinski definition) is 2. The quantitative estimate of drug-likeness (QED) is 0.157. The van der Waals surface area contributed by atoms with Gasteiger partial charge in [-0.25, -0.2) is 9.97 Å². The van der Waals surface area contributed by atoms with Crippen LogP contribution in [0.4, 0.5) is 5.82 Å². The van der Waals surface area contributed by atoms with Crippen molar-refractivity contribution in [3.8, 4) is 11.5 Å². The van der Waals surface area contributed by atoms with Gasteiger partial charge in [0.2, 0.25) is 0 Å². The molecule has 0 unspecified atom stereocenters. The number of nitrogens with two attached hydrogens (primary N) is 1. The molecular weight excluding hydrogens is 759 g/mol. The van der Waals surface area contributed by atoms with E-state index in [4.69, 9.17) is 50.0 Å². The van der Waals surface area contributed by atoms with Gasteiger partial charge in [-0.3, -0.25) is 0 Å². The number of methoxy groups -OCH3 is 2. The predicted octanol–water partition coefficient (Wildman–Crippen LogP) is 10.5. The minimum absolute atomic E-state index is 0. The summed E-state index contributed by atoms with van der Waals surface area (Å²) in [7, 11) is 3.31. The van der Waals surface area contributed by atoms with E-state index in [0.717, 1.165) is 80.2 Å². The van der Waals surface area contributed by atoms with E-state index in [0.29, 0.717) is 28.5 Å².